The van der Waals surface area contributed by atoms with Gasteiger partial charge < -0.3 is 5.32 Å². The van der Waals surface area contributed by atoms with Gasteiger partial charge in [-0.05, 0) is 50.5 Å². The minimum absolute atomic E-state index is 0.716. The Morgan fingerprint density at radius 1 is 1.00 bits per heavy atom. The number of hydrogen-bond donors (Lipinski definition) is 1. The molecule has 1 heteroatoms. The second-order valence-corrected chi connectivity index (χ2v) is 6.76. The Bertz CT molecular complexity index is 180. The van der Waals surface area contributed by atoms with E-state index in [0.29, 0.717) is 6.04 Å². The molecule has 1 aliphatic carbocycles. The average molecular weight is 239 g/mol. The Morgan fingerprint density at radius 3 is 2.24 bits per heavy atom. The molecule has 1 fully saturated rings. The van der Waals surface area contributed by atoms with Gasteiger partial charge in [-0.25, -0.2) is 0 Å². The van der Waals surface area contributed by atoms with Crippen LogP contribution in [0, 0.1) is 17.8 Å². The lowest BCUT2D eigenvalue weighted by Gasteiger charge is -2.27. The molecule has 0 saturated heterocycles. The van der Waals surface area contributed by atoms with Gasteiger partial charge in [0.15, 0.2) is 0 Å². The minimum atomic E-state index is 0.716. The molecule has 0 amide bonds. The molecule has 0 radical (unpaired) electrons. The van der Waals surface area contributed by atoms with Crippen molar-refractivity contribution in [1.82, 2.24) is 5.32 Å². The molecular formula is C16H33N. The van der Waals surface area contributed by atoms with E-state index in [2.05, 4.69) is 33.0 Å². The van der Waals surface area contributed by atoms with Crippen LogP contribution in [0.2, 0.25) is 0 Å². The number of hydrogen-bond acceptors (Lipinski definition) is 1. The molecule has 1 nitrogen and oxygen atoms in total. The molecule has 1 N–H and O–H groups in total. The second kappa shape index (κ2) is 8.13. The fourth-order valence-electron chi connectivity index (χ4n) is 2.84. The Hall–Kier alpha value is -0.0400. The van der Waals surface area contributed by atoms with E-state index < -0.39 is 0 Å². The third kappa shape index (κ3) is 7.08. The van der Waals surface area contributed by atoms with Gasteiger partial charge in [-0.3, -0.25) is 0 Å². The number of nitrogens with one attached hydrogen (secondary N) is 1. The lowest BCUT2D eigenvalue weighted by atomic mass is 9.83. The largest absolute Gasteiger partial charge is 0.314 e. The maximum absolute atomic E-state index is 3.74. The predicted molar refractivity (Wildman–Crippen MR) is 77.3 cm³/mol. The fourth-order valence-corrected chi connectivity index (χ4v) is 2.84. The monoisotopic (exact) mass is 239 g/mol. The quantitative estimate of drug-likeness (QED) is 0.683. The van der Waals surface area contributed by atoms with Crippen LogP contribution < -0.4 is 5.32 Å². The van der Waals surface area contributed by atoms with E-state index in [1.54, 1.807) is 0 Å². The Labute approximate surface area is 109 Å². The standard InChI is InChI=1S/C16H33N/c1-13(2)6-5-7-15(4)17-12-16-10-8-14(3)9-11-16/h13-17H,5-12H2,1-4H3. The Kier molecular flexibility index (Phi) is 7.18. The van der Waals surface area contributed by atoms with Crippen LogP contribution in [0.25, 0.3) is 0 Å². The zero-order valence-electron chi connectivity index (χ0n) is 12.5. The fraction of sp³-hybridized carbons (Fsp3) is 1.00. The molecule has 1 saturated carbocycles. The van der Waals surface area contributed by atoms with Gasteiger partial charge in [0.25, 0.3) is 0 Å². The molecule has 1 atom stereocenters. The third-order valence-electron chi connectivity index (χ3n) is 4.31. The van der Waals surface area contributed by atoms with Crippen molar-refractivity contribution in [2.45, 2.75) is 78.7 Å². The first-order valence-corrected chi connectivity index (χ1v) is 7.81. The van der Waals surface area contributed by atoms with Crippen molar-refractivity contribution in [3.8, 4) is 0 Å². The van der Waals surface area contributed by atoms with Gasteiger partial charge in [-0.2, -0.15) is 0 Å². The van der Waals surface area contributed by atoms with E-state index in [1.165, 1.54) is 51.5 Å². The zero-order chi connectivity index (χ0) is 12.7. The van der Waals surface area contributed by atoms with Crippen LogP contribution in [0.4, 0.5) is 0 Å². The van der Waals surface area contributed by atoms with Crippen LogP contribution in [0.1, 0.15) is 72.6 Å². The molecule has 1 rings (SSSR count). The van der Waals surface area contributed by atoms with Crippen molar-refractivity contribution in [2.75, 3.05) is 6.54 Å². The summed E-state index contributed by atoms with van der Waals surface area (Å²) in [5, 5.41) is 3.74. The first kappa shape index (κ1) is 15.0. The molecule has 0 aromatic carbocycles. The topological polar surface area (TPSA) is 12.0 Å². The summed E-state index contributed by atoms with van der Waals surface area (Å²) in [6.07, 6.45) is 9.92. The van der Waals surface area contributed by atoms with Crippen molar-refractivity contribution in [2.24, 2.45) is 17.8 Å². The van der Waals surface area contributed by atoms with Gasteiger partial charge >= 0.3 is 0 Å². The van der Waals surface area contributed by atoms with Crippen molar-refractivity contribution < 1.29 is 0 Å². The summed E-state index contributed by atoms with van der Waals surface area (Å²) >= 11 is 0. The van der Waals surface area contributed by atoms with E-state index in [4.69, 9.17) is 0 Å². The van der Waals surface area contributed by atoms with Gasteiger partial charge in [0.05, 0.1) is 0 Å². The molecule has 17 heavy (non-hydrogen) atoms. The SMILES string of the molecule is CC(C)CCCC(C)NCC1CCC(C)CC1. The first-order valence-electron chi connectivity index (χ1n) is 7.81. The first-order chi connectivity index (χ1) is 8.08. The van der Waals surface area contributed by atoms with Gasteiger partial charge in [-0.1, -0.05) is 46.5 Å². The maximum atomic E-state index is 3.74. The van der Waals surface area contributed by atoms with Crippen molar-refractivity contribution >= 4 is 0 Å². The number of rotatable bonds is 7. The Morgan fingerprint density at radius 2 is 1.65 bits per heavy atom. The van der Waals surface area contributed by atoms with Crippen LogP contribution in [-0.4, -0.2) is 12.6 Å². The average Bonchev–Trinajstić information content (AvgIpc) is 2.28. The maximum Gasteiger partial charge on any atom is 0.00388 e. The molecule has 0 aliphatic heterocycles. The zero-order valence-corrected chi connectivity index (χ0v) is 12.5. The summed E-state index contributed by atoms with van der Waals surface area (Å²) in [6.45, 7) is 10.7. The van der Waals surface area contributed by atoms with Gasteiger partial charge in [0.2, 0.25) is 0 Å². The molecule has 0 heterocycles. The summed E-state index contributed by atoms with van der Waals surface area (Å²) in [5.41, 5.74) is 0. The molecule has 0 bridgehead atoms. The van der Waals surface area contributed by atoms with E-state index in [1.807, 2.05) is 0 Å². The summed E-state index contributed by atoms with van der Waals surface area (Å²) in [5.74, 6) is 2.80. The molecule has 0 spiro atoms. The summed E-state index contributed by atoms with van der Waals surface area (Å²) < 4.78 is 0. The van der Waals surface area contributed by atoms with Crippen molar-refractivity contribution in [3.05, 3.63) is 0 Å². The summed E-state index contributed by atoms with van der Waals surface area (Å²) in [4.78, 5) is 0. The van der Waals surface area contributed by atoms with Gasteiger partial charge in [0.1, 0.15) is 0 Å². The van der Waals surface area contributed by atoms with Crippen LogP contribution in [0.15, 0.2) is 0 Å². The van der Waals surface area contributed by atoms with Crippen molar-refractivity contribution in [1.29, 1.82) is 0 Å². The molecule has 0 aromatic rings. The normalized spacial score (nSPS) is 27.4. The highest BCUT2D eigenvalue weighted by Gasteiger charge is 2.18. The van der Waals surface area contributed by atoms with E-state index in [0.717, 1.165) is 17.8 Å². The van der Waals surface area contributed by atoms with Gasteiger partial charge in [-0.15, -0.1) is 0 Å². The lowest BCUT2D eigenvalue weighted by molar-refractivity contribution is 0.273. The third-order valence-corrected chi connectivity index (χ3v) is 4.31. The summed E-state index contributed by atoms with van der Waals surface area (Å²) in [7, 11) is 0. The molecule has 102 valence electrons. The smallest absolute Gasteiger partial charge is 0.00388 e. The highest BCUT2D eigenvalue weighted by molar-refractivity contribution is 4.73. The molecule has 1 unspecified atom stereocenters. The molecule has 1 aliphatic rings. The minimum Gasteiger partial charge on any atom is -0.314 e. The highest BCUT2D eigenvalue weighted by Crippen LogP contribution is 2.27. The van der Waals surface area contributed by atoms with E-state index in [-0.39, 0.29) is 0 Å². The highest BCUT2D eigenvalue weighted by atomic mass is 14.9. The second-order valence-electron chi connectivity index (χ2n) is 6.76. The molecule has 0 aromatic heterocycles. The van der Waals surface area contributed by atoms with Gasteiger partial charge in [0, 0.05) is 6.04 Å². The van der Waals surface area contributed by atoms with Crippen molar-refractivity contribution in [3.63, 3.8) is 0 Å². The van der Waals surface area contributed by atoms with Crippen LogP contribution in [-0.2, 0) is 0 Å². The summed E-state index contributed by atoms with van der Waals surface area (Å²) in [6, 6.07) is 0.716. The van der Waals surface area contributed by atoms with Crippen LogP contribution >= 0.6 is 0 Å². The predicted octanol–water partition coefficient (Wildman–Crippen LogP) is 4.62. The molecular weight excluding hydrogens is 206 g/mol. The Balaban J connectivity index is 2.01. The lowest BCUT2D eigenvalue weighted by Crippen LogP contribution is -2.32. The van der Waals surface area contributed by atoms with E-state index >= 15 is 0 Å². The van der Waals surface area contributed by atoms with Crippen LogP contribution in [0.3, 0.4) is 0 Å². The van der Waals surface area contributed by atoms with E-state index in [9.17, 15) is 0 Å². The van der Waals surface area contributed by atoms with Crippen LogP contribution in [0.5, 0.6) is 0 Å².